The van der Waals surface area contributed by atoms with Crippen LogP contribution in [0.5, 0.6) is 5.75 Å². The van der Waals surface area contributed by atoms with E-state index in [1.165, 1.54) is 16.8 Å². The van der Waals surface area contributed by atoms with Gasteiger partial charge in [0.05, 0.1) is 13.7 Å². The van der Waals surface area contributed by atoms with E-state index in [9.17, 15) is 4.79 Å². The summed E-state index contributed by atoms with van der Waals surface area (Å²) in [5.74, 6) is 1.12. The third-order valence-electron chi connectivity index (χ3n) is 5.64. The van der Waals surface area contributed by atoms with Crippen molar-refractivity contribution < 1.29 is 9.53 Å². The number of ether oxygens (including phenoxy) is 1. The standard InChI is InChI=1S/C22H27N3O2/c1-27-21-8-6-20(7-9-21)24-12-14-25(15-13-24)22(26)17-23-11-10-18-4-2-3-5-19(18)16-23/h2-9H,10-17H2,1H3. The van der Waals surface area contributed by atoms with Crippen molar-refractivity contribution in [2.75, 3.05) is 51.3 Å². The highest BCUT2D eigenvalue weighted by atomic mass is 16.5. The summed E-state index contributed by atoms with van der Waals surface area (Å²) >= 11 is 0. The number of hydrogen-bond donors (Lipinski definition) is 0. The Morgan fingerprint density at radius 3 is 2.33 bits per heavy atom. The summed E-state index contributed by atoms with van der Waals surface area (Å²) in [5, 5.41) is 0. The van der Waals surface area contributed by atoms with E-state index in [1.54, 1.807) is 7.11 Å². The zero-order valence-corrected chi connectivity index (χ0v) is 15.9. The number of rotatable bonds is 4. The monoisotopic (exact) mass is 365 g/mol. The first-order chi connectivity index (χ1) is 13.2. The molecule has 27 heavy (non-hydrogen) atoms. The zero-order chi connectivity index (χ0) is 18.6. The molecule has 0 bridgehead atoms. The lowest BCUT2D eigenvalue weighted by Gasteiger charge is -2.37. The van der Waals surface area contributed by atoms with Gasteiger partial charge in [-0.05, 0) is 41.8 Å². The molecule has 2 aromatic rings. The second-order valence-electron chi connectivity index (χ2n) is 7.30. The summed E-state index contributed by atoms with van der Waals surface area (Å²) in [7, 11) is 1.68. The number of benzene rings is 2. The summed E-state index contributed by atoms with van der Waals surface area (Å²) in [4.78, 5) is 19.4. The van der Waals surface area contributed by atoms with Crippen molar-refractivity contribution in [1.29, 1.82) is 0 Å². The molecule has 2 aliphatic heterocycles. The minimum atomic E-state index is 0.253. The Bertz CT molecular complexity index is 782. The fourth-order valence-corrected chi connectivity index (χ4v) is 3.99. The molecule has 5 nitrogen and oxygen atoms in total. The van der Waals surface area contributed by atoms with Gasteiger partial charge in [0.2, 0.25) is 5.91 Å². The number of piperazine rings is 1. The molecule has 2 aliphatic rings. The molecule has 1 amide bonds. The Labute approximate surface area is 161 Å². The molecule has 0 unspecified atom stereocenters. The van der Waals surface area contributed by atoms with Crippen LogP contribution in [0.25, 0.3) is 0 Å². The van der Waals surface area contributed by atoms with Crippen molar-refractivity contribution in [3.8, 4) is 5.75 Å². The number of hydrogen-bond acceptors (Lipinski definition) is 4. The largest absolute Gasteiger partial charge is 0.497 e. The van der Waals surface area contributed by atoms with Crippen molar-refractivity contribution in [2.45, 2.75) is 13.0 Å². The Morgan fingerprint density at radius 1 is 0.926 bits per heavy atom. The van der Waals surface area contributed by atoms with E-state index < -0.39 is 0 Å². The van der Waals surface area contributed by atoms with E-state index in [2.05, 4.69) is 46.2 Å². The zero-order valence-electron chi connectivity index (χ0n) is 15.9. The normalized spacial score (nSPS) is 17.5. The van der Waals surface area contributed by atoms with Gasteiger partial charge in [-0.1, -0.05) is 24.3 Å². The highest BCUT2D eigenvalue weighted by molar-refractivity contribution is 5.78. The van der Waals surface area contributed by atoms with E-state index in [-0.39, 0.29) is 5.91 Å². The van der Waals surface area contributed by atoms with E-state index in [4.69, 9.17) is 4.74 Å². The lowest BCUT2D eigenvalue weighted by atomic mass is 10.00. The molecule has 0 radical (unpaired) electrons. The molecule has 0 N–H and O–H groups in total. The Morgan fingerprint density at radius 2 is 1.63 bits per heavy atom. The van der Waals surface area contributed by atoms with Gasteiger partial charge in [-0.2, -0.15) is 0 Å². The summed E-state index contributed by atoms with van der Waals surface area (Å²) in [6.45, 7) is 5.70. The Balaban J connectivity index is 1.28. The van der Waals surface area contributed by atoms with Gasteiger partial charge in [0.25, 0.3) is 0 Å². The number of carbonyl (C=O) groups is 1. The molecule has 2 heterocycles. The van der Waals surface area contributed by atoms with Crippen LogP contribution in [0.3, 0.4) is 0 Å². The molecular weight excluding hydrogens is 338 g/mol. The van der Waals surface area contributed by atoms with E-state index in [0.29, 0.717) is 6.54 Å². The van der Waals surface area contributed by atoms with E-state index in [0.717, 1.165) is 51.4 Å². The summed E-state index contributed by atoms with van der Waals surface area (Å²) in [6.07, 6.45) is 1.04. The number of carbonyl (C=O) groups excluding carboxylic acids is 1. The first-order valence-corrected chi connectivity index (χ1v) is 9.69. The second kappa shape index (κ2) is 8.01. The molecule has 142 valence electrons. The predicted octanol–water partition coefficient (Wildman–Crippen LogP) is 2.40. The van der Waals surface area contributed by atoms with Crippen molar-refractivity contribution in [3.05, 3.63) is 59.7 Å². The fourth-order valence-electron chi connectivity index (χ4n) is 3.99. The van der Waals surface area contributed by atoms with Gasteiger partial charge in [-0.3, -0.25) is 9.69 Å². The summed E-state index contributed by atoms with van der Waals surface area (Å²) in [6, 6.07) is 16.7. The molecule has 2 aromatic carbocycles. The van der Waals surface area contributed by atoms with E-state index >= 15 is 0 Å². The molecule has 0 saturated carbocycles. The summed E-state index contributed by atoms with van der Waals surface area (Å²) in [5.41, 5.74) is 3.98. The minimum Gasteiger partial charge on any atom is -0.497 e. The average Bonchev–Trinajstić information content (AvgIpc) is 2.74. The molecular formula is C22H27N3O2. The summed E-state index contributed by atoms with van der Waals surface area (Å²) < 4.78 is 5.22. The molecule has 0 spiro atoms. The van der Waals surface area contributed by atoms with Crippen molar-refractivity contribution >= 4 is 11.6 Å². The van der Waals surface area contributed by atoms with Crippen molar-refractivity contribution in [3.63, 3.8) is 0 Å². The topological polar surface area (TPSA) is 36.0 Å². The van der Waals surface area contributed by atoms with Gasteiger partial charge in [0, 0.05) is 45.0 Å². The van der Waals surface area contributed by atoms with Gasteiger partial charge in [0.15, 0.2) is 0 Å². The van der Waals surface area contributed by atoms with Gasteiger partial charge < -0.3 is 14.5 Å². The van der Waals surface area contributed by atoms with Crippen molar-refractivity contribution in [1.82, 2.24) is 9.80 Å². The van der Waals surface area contributed by atoms with Crippen molar-refractivity contribution in [2.24, 2.45) is 0 Å². The molecule has 1 saturated heterocycles. The van der Waals surface area contributed by atoms with Gasteiger partial charge in [0.1, 0.15) is 5.75 Å². The SMILES string of the molecule is COc1ccc(N2CCN(C(=O)CN3CCc4ccccc4C3)CC2)cc1. The number of nitrogens with zero attached hydrogens (tertiary/aromatic N) is 3. The van der Waals surface area contributed by atoms with Crippen LogP contribution in [0.4, 0.5) is 5.69 Å². The minimum absolute atomic E-state index is 0.253. The highest BCUT2D eigenvalue weighted by Gasteiger charge is 2.24. The fraction of sp³-hybridized carbons (Fsp3) is 0.409. The lowest BCUT2D eigenvalue weighted by molar-refractivity contribution is -0.132. The predicted molar refractivity (Wildman–Crippen MR) is 107 cm³/mol. The number of anilines is 1. The number of methoxy groups -OCH3 is 1. The first kappa shape index (κ1) is 17.9. The molecule has 0 aliphatic carbocycles. The molecule has 0 aromatic heterocycles. The van der Waals surface area contributed by atoms with Crippen LogP contribution >= 0.6 is 0 Å². The molecule has 5 heteroatoms. The third kappa shape index (κ3) is 4.08. The van der Waals surface area contributed by atoms with Crippen LogP contribution in [0.2, 0.25) is 0 Å². The van der Waals surface area contributed by atoms with Gasteiger partial charge >= 0.3 is 0 Å². The first-order valence-electron chi connectivity index (χ1n) is 9.69. The molecule has 4 rings (SSSR count). The number of amides is 1. The van der Waals surface area contributed by atoms with Crippen LogP contribution in [0.15, 0.2) is 48.5 Å². The lowest BCUT2D eigenvalue weighted by Crippen LogP contribution is -2.51. The van der Waals surface area contributed by atoms with Crippen LogP contribution < -0.4 is 9.64 Å². The smallest absolute Gasteiger partial charge is 0.236 e. The van der Waals surface area contributed by atoms with E-state index in [1.807, 2.05) is 17.0 Å². The van der Waals surface area contributed by atoms with Gasteiger partial charge in [-0.25, -0.2) is 0 Å². The van der Waals surface area contributed by atoms with Crippen LogP contribution in [-0.4, -0.2) is 62.1 Å². The maximum Gasteiger partial charge on any atom is 0.236 e. The third-order valence-corrected chi connectivity index (χ3v) is 5.64. The maximum atomic E-state index is 12.8. The Kier molecular flexibility index (Phi) is 5.30. The quantitative estimate of drug-likeness (QED) is 0.834. The molecule has 1 fully saturated rings. The molecule has 0 atom stereocenters. The van der Waals surface area contributed by atoms with Gasteiger partial charge in [-0.15, -0.1) is 0 Å². The highest BCUT2D eigenvalue weighted by Crippen LogP contribution is 2.21. The Hall–Kier alpha value is -2.53. The van der Waals surface area contributed by atoms with Crippen LogP contribution in [0, 0.1) is 0 Å². The number of fused-ring (bicyclic) bond motifs is 1. The average molecular weight is 365 g/mol. The van der Waals surface area contributed by atoms with Crippen LogP contribution in [-0.2, 0) is 17.8 Å². The van der Waals surface area contributed by atoms with Crippen LogP contribution in [0.1, 0.15) is 11.1 Å². The second-order valence-corrected chi connectivity index (χ2v) is 7.30. The maximum absolute atomic E-state index is 12.8.